The Morgan fingerprint density at radius 2 is 1.75 bits per heavy atom. The zero-order valence-corrected chi connectivity index (χ0v) is 23.2. The number of carbonyl (C=O) groups excluding carboxylic acids is 2. The van der Waals surface area contributed by atoms with Gasteiger partial charge in [0.25, 0.3) is 0 Å². The Hall–Kier alpha value is -2.29. The minimum absolute atomic E-state index is 0.0708. The summed E-state index contributed by atoms with van der Waals surface area (Å²) in [6.07, 6.45) is 5.35. The zero-order valence-electron chi connectivity index (χ0n) is 20.8. The van der Waals surface area contributed by atoms with E-state index in [0.717, 1.165) is 41.8 Å². The van der Waals surface area contributed by atoms with Crippen LogP contribution in [0.2, 0.25) is 10.0 Å². The summed E-state index contributed by atoms with van der Waals surface area (Å²) in [6.45, 7) is 3.24. The van der Waals surface area contributed by atoms with E-state index in [9.17, 15) is 18.0 Å². The average Bonchev–Trinajstić information content (AvgIpc) is 3.32. The van der Waals surface area contributed by atoms with E-state index in [1.54, 1.807) is 36.4 Å². The van der Waals surface area contributed by atoms with Crippen LogP contribution >= 0.6 is 23.2 Å². The number of amides is 2. The van der Waals surface area contributed by atoms with Gasteiger partial charge in [0.2, 0.25) is 21.8 Å². The van der Waals surface area contributed by atoms with Gasteiger partial charge in [0.15, 0.2) is 0 Å². The molecule has 0 bridgehead atoms. The quantitative estimate of drug-likeness (QED) is 0.451. The fourth-order valence-corrected chi connectivity index (χ4v) is 5.66. The predicted octanol–water partition coefficient (Wildman–Crippen LogP) is 4.93. The summed E-state index contributed by atoms with van der Waals surface area (Å²) in [5.74, 6) is -0.750. The number of carbonyl (C=O) groups is 2. The summed E-state index contributed by atoms with van der Waals surface area (Å²) >= 11 is 12.6. The highest BCUT2D eigenvalue weighted by Crippen LogP contribution is 2.26. The van der Waals surface area contributed by atoms with E-state index >= 15 is 0 Å². The molecule has 10 heteroatoms. The van der Waals surface area contributed by atoms with Crippen molar-refractivity contribution in [3.63, 3.8) is 0 Å². The molecule has 2 amide bonds. The molecule has 36 heavy (non-hydrogen) atoms. The topological polar surface area (TPSA) is 86.8 Å². The second-order valence-electron chi connectivity index (χ2n) is 9.23. The molecule has 2 aromatic carbocycles. The smallest absolute Gasteiger partial charge is 0.244 e. The van der Waals surface area contributed by atoms with Crippen molar-refractivity contribution in [2.45, 2.75) is 64.6 Å². The number of aryl methyl sites for hydroxylation is 1. The van der Waals surface area contributed by atoms with E-state index in [1.807, 2.05) is 13.8 Å². The molecule has 3 rings (SSSR count). The summed E-state index contributed by atoms with van der Waals surface area (Å²) < 4.78 is 26.4. The maximum atomic E-state index is 13.7. The highest BCUT2D eigenvalue weighted by Gasteiger charge is 2.33. The number of hydrogen-bond acceptors (Lipinski definition) is 4. The zero-order chi connectivity index (χ0) is 26.5. The van der Waals surface area contributed by atoms with Crippen LogP contribution in [0.5, 0.6) is 0 Å². The van der Waals surface area contributed by atoms with Gasteiger partial charge >= 0.3 is 0 Å². The van der Waals surface area contributed by atoms with Gasteiger partial charge in [0.1, 0.15) is 12.6 Å². The summed E-state index contributed by atoms with van der Waals surface area (Å²) in [6, 6.07) is 11.2. The van der Waals surface area contributed by atoms with Gasteiger partial charge in [-0.25, -0.2) is 8.42 Å². The molecular formula is C26H33Cl2N3O4S. The van der Waals surface area contributed by atoms with Crippen LogP contribution < -0.4 is 9.62 Å². The van der Waals surface area contributed by atoms with Crippen molar-refractivity contribution in [1.29, 1.82) is 0 Å². The molecule has 1 atom stereocenters. The molecule has 1 aliphatic rings. The van der Waals surface area contributed by atoms with Crippen LogP contribution in [0.25, 0.3) is 0 Å². The van der Waals surface area contributed by atoms with Crippen LogP contribution in [-0.2, 0) is 26.2 Å². The Labute approximate surface area is 223 Å². The third-order valence-corrected chi connectivity index (χ3v) is 8.43. The lowest BCUT2D eigenvalue weighted by Crippen LogP contribution is -2.53. The Bertz CT molecular complexity index is 1200. The predicted molar refractivity (Wildman–Crippen MR) is 145 cm³/mol. The third-order valence-electron chi connectivity index (χ3n) is 6.51. The molecule has 0 aromatic heterocycles. The summed E-state index contributed by atoms with van der Waals surface area (Å²) in [5.41, 5.74) is 1.74. The largest absolute Gasteiger partial charge is 0.352 e. The lowest BCUT2D eigenvalue weighted by atomic mass is 10.1. The maximum absolute atomic E-state index is 13.7. The molecule has 1 aliphatic carbocycles. The van der Waals surface area contributed by atoms with Crippen LogP contribution in [0.15, 0.2) is 42.5 Å². The van der Waals surface area contributed by atoms with Crippen molar-refractivity contribution in [2.24, 2.45) is 0 Å². The molecule has 7 nitrogen and oxygen atoms in total. The normalized spacial score (nSPS) is 14.9. The first kappa shape index (κ1) is 28.3. The van der Waals surface area contributed by atoms with Crippen LogP contribution in [0.3, 0.4) is 0 Å². The Morgan fingerprint density at radius 1 is 1.08 bits per heavy atom. The van der Waals surface area contributed by atoms with Gasteiger partial charge in [0.05, 0.1) is 11.9 Å². The Kier molecular flexibility index (Phi) is 9.66. The van der Waals surface area contributed by atoms with Gasteiger partial charge in [-0.2, -0.15) is 0 Å². The van der Waals surface area contributed by atoms with E-state index in [4.69, 9.17) is 23.2 Å². The number of sulfonamides is 1. The molecule has 1 fully saturated rings. The number of anilines is 1. The Morgan fingerprint density at radius 3 is 2.33 bits per heavy atom. The number of benzene rings is 2. The molecule has 0 aliphatic heterocycles. The second-order valence-corrected chi connectivity index (χ2v) is 12.0. The molecule has 0 heterocycles. The van der Waals surface area contributed by atoms with E-state index in [0.29, 0.717) is 22.0 Å². The summed E-state index contributed by atoms with van der Waals surface area (Å²) in [7, 11) is -3.83. The van der Waals surface area contributed by atoms with Crippen molar-refractivity contribution in [2.75, 3.05) is 17.1 Å². The second kappa shape index (κ2) is 12.3. The van der Waals surface area contributed by atoms with Crippen molar-refractivity contribution >= 4 is 50.7 Å². The first-order valence-electron chi connectivity index (χ1n) is 12.1. The molecule has 0 spiro atoms. The molecule has 1 saturated carbocycles. The van der Waals surface area contributed by atoms with Crippen molar-refractivity contribution < 1.29 is 18.0 Å². The number of nitrogens with one attached hydrogen (secondary N) is 1. The monoisotopic (exact) mass is 553 g/mol. The highest BCUT2D eigenvalue weighted by atomic mass is 35.5. The van der Waals surface area contributed by atoms with Crippen LogP contribution in [-0.4, -0.2) is 50.0 Å². The molecular weight excluding hydrogens is 521 g/mol. The lowest BCUT2D eigenvalue weighted by Gasteiger charge is -2.33. The van der Waals surface area contributed by atoms with Crippen LogP contribution in [0, 0.1) is 6.92 Å². The molecule has 196 valence electrons. The molecule has 0 unspecified atom stereocenters. The Balaban J connectivity index is 1.94. The average molecular weight is 555 g/mol. The SMILES string of the molecule is CC[C@@H](C(=O)NC1CCCC1)N(Cc1ccccc1Cl)C(=O)CN(c1ccc(C)c(Cl)c1)S(C)(=O)=O. The fraction of sp³-hybridized carbons (Fsp3) is 0.462. The molecule has 1 N–H and O–H groups in total. The van der Waals surface area contributed by atoms with Gasteiger partial charge in [-0.3, -0.25) is 13.9 Å². The van der Waals surface area contributed by atoms with E-state index in [-0.39, 0.29) is 24.2 Å². The standard InChI is InChI=1S/C26H33Cl2N3O4S/c1-4-24(26(33)29-20-10-6-7-11-20)30(16-19-9-5-8-12-22(19)27)25(32)17-31(36(3,34)35)21-14-13-18(2)23(28)15-21/h5,8-9,12-15,20,24H,4,6-7,10-11,16-17H2,1-3H3,(H,29,33)/t24-/m0/s1. The first-order chi connectivity index (χ1) is 17.0. The minimum atomic E-state index is -3.83. The van der Waals surface area contributed by atoms with Crippen molar-refractivity contribution in [1.82, 2.24) is 10.2 Å². The number of hydrogen-bond donors (Lipinski definition) is 1. The first-order valence-corrected chi connectivity index (χ1v) is 14.7. The van der Waals surface area contributed by atoms with Crippen molar-refractivity contribution in [3.8, 4) is 0 Å². The van der Waals surface area contributed by atoms with Gasteiger partial charge in [-0.1, -0.05) is 67.2 Å². The minimum Gasteiger partial charge on any atom is -0.352 e. The molecule has 0 saturated heterocycles. The number of halogens is 2. The summed E-state index contributed by atoms with van der Waals surface area (Å²) in [5, 5.41) is 3.94. The van der Waals surface area contributed by atoms with E-state index in [2.05, 4.69) is 5.32 Å². The summed E-state index contributed by atoms with van der Waals surface area (Å²) in [4.78, 5) is 28.5. The molecule has 2 aromatic rings. The van der Waals surface area contributed by atoms with Gasteiger partial charge in [-0.05, 0) is 55.5 Å². The molecule has 0 radical (unpaired) electrons. The highest BCUT2D eigenvalue weighted by molar-refractivity contribution is 7.92. The van der Waals surface area contributed by atoms with Gasteiger partial charge in [-0.15, -0.1) is 0 Å². The maximum Gasteiger partial charge on any atom is 0.244 e. The lowest BCUT2D eigenvalue weighted by molar-refractivity contribution is -0.140. The number of rotatable bonds is 10. The fourth-order valence-electron chi connectivity index (χ4n) is 4.45. The van der Waals surface area contributed by atoms with E-state index < -0.39 is 28.5 Å². The number of nitrogens with zero attached hydrogens (tertiary/aromatic N) is 2. The van der Waals surface area contributed by atoms with Crippen LogP contribution in [0.1, 0.15) is 50.2 Å². The van der Waals surface area contributed by atoms with Crippen molar-refractivity contribution in [3.05, 3.63) is 63.6 Å². The third kappa shape index (κ3) is 7.14. The van der Waals surface area contributed by atoms with Gasteiger partial charge in [0, 0.05) is 22.6 Å². The van der Waals surface area contributed by atoms with Gasteiger partial charge < -0.3 is 10.2 Å². The van der Waals surface area contributed by atoms with Crippen LogP contribution in [0.4, 0.5) is 5.69 Å². The van der Waals surface area contributed by atoms with E-state index in [1.165, 1.54) is 11.0 Å².